The predicted molar refractivity (Wildman–Crippen MR) is 86.1 cm³/mol. The van der Waals surface area contributed by atoms with E-state index in [0.717, 1.165) is 58.9 Å². The highest BCUT2D eigenvalue weighted by Crippen LogP contribution is 2.21. The zero-order valence-electron chi connectivity index (χ0n) is 14.3. The van der Waals surface area contributed by atoms with Gasteiger partial charge < -0.3 is 15.2 Å². The van der Waals surface area contributed by atoms with Crippen LogP contribution in [-0.2, 0) is 9.47 Å². The van der Waals surface area contributed by atoms with Crippen molar-refractivity contribution in [2.45, 2.75) is 53.5 Å². The predicted octanol–water partition coefficient (Wildman–Crippen LogP) is 2.51. The molecule has 20 heavy (non-hydrogen) atoms. The van der Waals surface area contributed by atoms with Crippen LogP contribution in [-0.4, -0.2) is 57.0 Å². The molecule has 0 aromatic rings. The van der Waals surface area contributed by atoms with Gasteiger partial charge in [-0.05, 0) is 38.6 Å². The van der Waals surface area contributed by atoms with Gasteiger partial charge in [0.2, 0.25) is 0 Å². The van der Waals surface area contributed by atoms with E-state index in [-0.39, 0.29) is 6.04 Å². The normalized spacial score (nSPS) is 13.9. The summed E-state index contributed by atoms with van der Waals surface area (Å²) < 4.78 is 10.9. The Morgan fingerprint density at radius 2 is 1.45 bits per heavy atom. The monoisotopic (exact) mass is 288 g/mol. The number of hydrogen-bond donors (Lipinski definition) is 1. The van der Waals surface area contributed by atoms with Crippen LogP contribution < -0.4 is 5.73 Å². The molecule has 0 aliphatic heterocycles. The van der Waals surface area contributed by atoms with Crippen LogP contribution in [0.25, 0.3) is 0 Å². The fraction of sp³-hybridized carbons (Fsp3) is 1.00. The third-order valence-corrected chi connectivity index (χ3v) is 3.20. The lowest BCUT2D eigenvalue weighted by Crippen LogP contribution is -2.36. The van der Waals surface area contributed by atoms with E-state index >= 15 is 0 Å². The number of nitrogens with zero attached hydrogens (tertiary/aromatic N) is 1. The molecule has 0 saturated heterocycles. The van der Waals surface area contributed by atoms with Crippen molar-refractivity contribution in [2.75, 3.05) is 46.1 Å². The molecule has 2 N–H and O–H groups in total. The maximum absolute atomic E-state index is 6.23. The Morgan fingerprint density at radius 1 is 0.950 bits per heavy atom. The van der Waals surface area contributed by atoms with Gasteiger partial charge >= 0.3 is 0 Å². The van der Waals surface area contributed by atoms with Gasteiger partial charge in [0, 0.05) is 32.3 Å². The van der Waals surface area contributed by atoms with E-state index in [1.165, 1.54) is 0 Å². The van der Waals surface area contributed by atoms with E-state index in [1.54, 1.807) is 0 Å². The van der Waals surface area contributed by atoms with Gasteiger partial charge in [0.1, 0.15) is 0 Å². The van der Waals surface area contributed by atoms with Crippen molar-refractivity contribution in [3.63, 3.8) is 0 Å². The fourth-order valence-corrected chi connectivity index (χ4v) is 2.25. The van der Waals surface area contributed by atoms with Crippen LogP contribution in [0.15, 0.2) is 0 Å². The zero-order valence-corrected chi connectivity index (χ0v) is 14.3. The van der Waals surface area contributed by atoms with Gasteiger partial charge in [0.05, 0.1) is 13.2 Å². The standard InChI is InChI=1S/C16H36N2O2/c1-6-19-12-10-18(11-13-20-7-2)9-8-15(17)14-16(3,4)5/h15H,6-14,17H2,1-5H3. The second kappa shape index (κ2) is 11.5. The van der Waals surface area contributed by atoms with E-state index < -0.39 is 0 Å². The largest absolute Gasteiger partial charge is 0.380 e. The molecule has 0 spiro atoms. The number of rotatable bonds is 12. The second-order valence-corrected chi connectivity index (χ2v) is 6.55. The van der Waals surface area contributed by atoms with Gasteiger partial charge in [-0.3, -0.25) is 4.90 Å². The minimum atomic E-state index is 0.275. The number of nitrogens with two attached hydrogens (primary N) is 1. The third kappa shape index (κ3) is 12.9. The molecule has 4 heteroatoms. The Hall–Kier alpha value is -0.160. The molecule has 1 atom stereocenters. The van der Waals surface area contributed by atoms with E-state index in [9.17, 15) is 0 Å². The molecular weight excluding hydrogens is 252 g/mol. The van der Waals surface area contributed by atoms with Crippen LogP contribution >= 0.6 is 0 Å². The van der Waals surface area contributed by atoms with Crippen LogP contribution in [0.2, 0.25) is 0 Å². The lowest BCUT2D eigenvalue weighted by atomic mass is 9.87. The maximum Gasteiger partial charge on any atom is 0.0593 e. The van der Waals surface area contributed by atoms with E-state index in [4.69, 9.17) is 15.2 Å². The lowest BCUT2D eigenvalue weighted by Gasteiger charge is -2.27. The first-order valence-electron chi connectivity index (χ1n) is 8.02. The van der Waals surface area contributed by atoms with E-state index in [2.05, 4.69) is 25.7 Å². The molecular formula is C16H36N2O2. The Labute approximate surface area is 126 Å². The maximum atomic E-state index is 6.23. The molecule has 0 aromatic heterocycles. The lowest BCUT2D eigenvalue weighted by molar-refractivity contribution is 0.0809. The molecule has 1 unspecified atom stereocenters. The van der Waals surface area contributed by atoms with Crippen molar-refractivity contribution in [1.29, 1.82) is 0 Å². The van der Waals surface area contributed by atoms with Crippen LogP contribution in [0.3, 0.4) is 0 Å². The topological polar surface area (TPSA) is 47.7 Å². The quantitative estimate of drug-likeness (QED) is 0.561. The number of hydrogen-bond acceptors (Lipinski definition) is 4. The van der Waals surface area contributed by atoms with Gasteiger partial charge in [-0.15, -0.1) is 0 Å². The molecule has 0 amide bonds. The summed E-state index contributed by atoms with van der Waals surface area (Å²) in [6.45, 7) is 16.9. The molecule has 0 bridgehead atoms. The van der Waals surface area contributed by atoms with Gasteiger partial charge in [-0.2, -0.15) is 0 Å². The van der Waals surface area contributed by atoms with Crippen molar-refractivity contribution < 1.29 is 9.47 Å². The molecule has 4 nitrogen and oxygen atoms in total. The summed E-state index contributed by atoms with van der Waals surface area (Å²) in [6, 6.07) is 0.275. The molecule has 0 fully saturated rings. The average molecular weight is 288 g/mol. The summed E-state index contributed by atoms with van der Waals surface area (Å²) in [5.74, 6) is 0. The van der Waals surface area contributed by atoms with Crippen molar-refractivity contribution >= 4 is 0 Å². The molecule has 0 aromatic carbocycles. The first kappa shape index (κ1) is 19.8. The summed E-state index contributed by atoms with van der Waals surface area (Å²) in [4.78, 5) is 2.40. The highest BCUT2D eigenvalue weighted by molar-refractivity contribution is 4.73. The summed E-state index contributed by atoms with van der Waals surface area (Å²) in [7, 11) is 0. The van der Waals surface area contributed by atoms with Gasteiger partial charge in [0.15, 0.2) is 0 Å². The van der Waals surface area contributed by atoms with Gasteiger partial charge in [0.25, 0.3) is 0 Å². The summed E-state index contributed by atoms with van der Waals surface area (Å²) in [5, 5.41) is 0. The second-order valence-electron chi connectivity index (χ2n) is 6.55. The zero-order chi connectivity index (χ0) is 15.4. The SMILES string of the molecule is CCOCCN(CCOCC)CCC(N)CC(C)(C)C. The van der Waals surface area contributed by atoms with Crippen molar-refractivity contribution in [2.24, 2.45) is 11.1 Å². The molecule has 0 heterocycles. The molecule has 0 rings (SSSR count). The van der Waals surface area contributed by atoms with Crippen molar-refractivity contribution in [3.8, 4) is 0 Å². The first-order valence-corrected chi connectivity index (χ1v) is 8.02. The molecule has 122 valence electrons. The molecule has 0 aliphatic rings. The van der Waals surface area contributed by atoms with Crippen LogP contribution in [0.1, 0.15) is 47.5 Å². The third-order valence-electron chi connectivity index (χ3n) is 3.20. The summed E-state index contributed by atoms with van der Waals surface area (Å²) >= 11 is 0. The van der Waals surface area contributed by atoms with Crippen LogP contribution in [0.5, 0.6) is 0 Å². The first-order chi connectivity index (χ1) is 9.39. The van der Waals surface area contributed by atoms with E-state index in [0.29, 0.717) is 5.41 Å². The molecule has 0 saturated carbocycles. The smallest absolute Gasteiger partial charge is 0.0593 e. The van der Waals surface area contributed by atoms with Gasteiger partial charge in [-0.1, -0.05) is 20.8 Å². The Kier molecular flexibility index (Phi) is 11.4. The highest BCUT2D eigenvalue weighted by atomic mass is 16.5. The Balaban J connectivity index is 3.99. The van der Waals surface area contributed by atoms with E-state index in [1.807, 2.05) is 13.8 Å². The highest BCUT2D eigenvalue weighted by Gasteiger charge is 2.16. The van der Waals surface area contributed by atoms with Crippen molar-refractivity contribution in [1.82, 2.24) is 4.90 Å². The summed E-state index contributed by atoms with van der Waals surface area (Å²) in [5.41, 5.74) is 6.54. The fourth-order valence-electron chi connectivity index (χ4n) is 2.25. The van der Waals surface area contributed by atoms with Crippen LogP contribution in [0.4, 0.5) is 0 Å². The van der Waals surface area contributed by atoms with Gasteiger partial charge in [-0.25, -0.2) is 0 Å². The minimum Gasteiger partial charge on any atom is -0.380 e. The molecule has 0 aliphatic carbocycles. The minimum absolute atomic E-state index is 0.275. The molecule has 0 radical (unpaired) electrons. The van der Waals surface area contributed by atoms with Crippen LogP contribution in [0, 0.1) is 5.41 Å². The number of ether oxygens (including phenoxy) is 2. The summed E-state index contributed by atoms with van der Waals surface area (Å²) in [6.07, 6.45) is 2.10. The Morgan fingerprint density at radius 3 is 1.85 bits per heavy atom. The van der Waals surface area contributed by atoms with Crippen molar-refractivity contribution in [3.05, 3.63) is 0 Å². The average Bonchev–Trinajstić information content (AvgIpc) is 2.33. The Bertz CT molecular complexity index is 207.